The lowest BCUT2D eigenvalue weighted by Crippen LogP contribution is -2.33. The van der Waals surface area contributed by atoms with Gasteiger partial charge < -0.3 is 14.4 Å². The first-order valence-corrected chi connectivity index (χ1v) is 8.85. The lowest BCUT2D eigenvalue weighted by molar-refractivity contribution is 0.248. The highest BCUT2D eigenvalue weighted by molar-refractivity contribution is 5.47. The number of para-hydroxylation sites is 1. The largest absolute Gasteiger partial charge is 0.493 e. The zero-order valence-electron chi connectivity index (χ0n) is 14.6. The van der Waals surface area contributed by atoms with Crippen LogP contribution < -0.4 is 9.47 Å². The monoisotopic (exact) mass is 336 g/mol. The second-order valence-electron chi connectivity index (χ2n) is 6.69. The molecule has 4 nitrogen and oxygen atoms in total. The normalized spacial score (nSPS) is 20.0. The van der Waals surface area contributed by atoms with E-state index in [1.54, 1.807) is 13.4 Å². The van der Waals surface area contributed by atoms with Gasteiger partial charge in [-0.1, -0.05) is 42.5 Å². The molecule has 2 aliphatic rings. The highest BCUT2D eigenvalue weighted by Crippen LogP contribution is 2.34. The van der Waals surface area contributed by atoms with Gasteiger partial charge in [-0.3, -0.25) is 4.90 Å². The summed E-state index contributed by atoms with van der Waals surface area (Å²) in [6, 6.07) is 17.3. The smallest absolute Gasteiger partial charge is 0.173 e. The van der Waals surface area contributed by atoms with Crippen LogP contribution in [0.4, 0.5) is 0 Å². The Labute approximate surface area is 149 Å². The van der Waals surface area contributed by atoms with Crippen molar-refractivity contribution in [1.29, 1.82) is 0 Å². The summed E-state index contributed by atoms with van der Waals surface area (Å²) in [4.78, 5) is 4.93. The maximum absolute atomic E-state index is 5.82. The van der Waals surface area contributed by atoms with Gasteiger partial charge in [0.15, 0.2) is 11.5 Å². The number of rotatable bonds is 4. The molecule has 2 aromatic carbocycles. The lowest BCUT2D eigenvalue weighted by atomic mass is 10.1. The van der Waals surface area contributed by atoms with Gasteiger partial charge in [-0.15, -0.1) is 0 Å². The van der Waals surface area contributed by atoms with Crippen LogP contribution in [0.1, 0.15) is 17.5 Å². The van der Waals surface area contributed by atoms with Gasteiger partial charge in [0.1, 0.15) is 6.26 Å². The maximum Gasteiger partial charge on any atom is 0.173 e. The van der Waals surface area contributed by atoms with Crippen molar-refractivity contribution >= 4 is 0 Å². The van der Waals surface area contributed by atoms with Crippen molar-refractivity contribution in [3.05, 3.63) is 72.1 Å². The molecule has 25 heavy (non-hydrogen) atoms. The highest BCUT2D eigenvalue weighted by Gasteiger charge is 2.28. The van der Waals surface area contributed by atoms with E-state index in [0.717, 1.165) is 37.7 Å². The van der Waals surface area contributed by atoms with E-state index in [2.05, 4.69) is 52.4 Å². The summed E-state index contributed by atoms with van der Waals surface area (Å²) in [7, 11) is 1.68. The average molecular weight is 336 g/mol. The van der Waals surface area contributed by atoms with Gasteiger partial charge >= 0.3 is 0 Å². The van der Waals surface area contributed by atoms with Crippen LogP contribution >= 0.6 is 0 Å². The summed E-state index contributed by atoms with van der Waals surface area (Å²) >= 11 is 0. The molecule has 1 fully saturated rings. The second-order valence-corrected chi connectivity index (χ2v) is 6.69. The van der Waals surface area contributed by atoms with Crippen molar-refractivity contribution in [2.45, 2.75) is 25.6 Å². The molecule has 0 amide bonds. The Morgan fingerprint density at radius 3 is 2.84 bits per heavy atom. The van der Waals surface area contributed by atoms with E-state index >= 15 is 0 Å². The van der Waals surface area contributed by atoms with Gasteiger partial charge in [-0.05, 0) is 18.1 Å². The highest BCUT2D eigenvalue weighted by atomic mass is 16.5. The van der Waals surface area contributed by atoms with Crippen LogP contribution in [0, 0.1) is 0 Å². The van der Waals surface area contributed by atoms with Crippen LogP contribution in [0.2, 0.25) is 0 Å². The Hall–Kier alpha value is -2.46. The summed E-state index contributed by atoms with van der Waals surface area (Å²) < 4.78 is 11.2. The van der Waals surface area contributed by atoms with Crippen molar-refractivity contribution in [3.8, 4) is 11.5 Å². The van der Waals surface area contributed by atoms with E-state index in [0.29, 0.717) is 6.04 Å². The standard InChI is InChI=1S/C21H24N2O2/c1-24-20-9-5-8-18-15-23(12-13-25-21(18)20)19-10-11-22(16-19)14-17-6-3-2-4-7-17/h2-9,12-13,19H,10-11,14-16H2,1H3. The number of fused-ring (bicyclic) bond motifs is 1. The van der Waals surface area contributed by atoms with Gasteiger partial charge in [0.2, 0.25) is 0 Å². The minimum atomic E-state index is 0.515. The number of methoxy groups -OCH3 is 1. The number of nitrogens with zero attached hydrogens (tertiary/aromatic N) is 2. The topological polar surface area (TPSA) is 24.9 Å². The van der Waals surface area contributed by atoms with Crippen molar-refractivity contribution in [1.82, 2.24) is 9.80 Å². The Kier molecular flexibility index (Phi) is 4.61. The Bertz CT molecular complexity index is 745. The molecule has 0 spiro atoms. The van der Waals surface area contributed by atoms with Crippen molar-refractivity contribution in [2.75, 3.05) is 20.2 Å². The average Bonchev–Trinajstić information content (AvgIpc) is 2.99. The molecule has 4 heteroatoms. The van der Waals surface area contributed by atoms with Crippen molar-refractivity contribution in [2.24, 2.45) is 0 Å². The molecule has 0 aromatic heterocycles. The van der Waals surface area contributed by atoms with E-state index in [4.69, 9.17) is 9.47 Å². The van der Waals surface area contributed by atoms with Crippen LogP contribution in [0.5, 0.6) is 11.5 Å². The molecular weight excluding hydrogens is 312 g/mol. The number of likely N-dealkylation sites (tertiary alicyclic amines) is 1. The van der Waals surface area contributed by atoms with E-state index in [1.165, 1.54) is 17.5 Å². The molecule has 2 aromatic rings. The fourth-order valence-corrected chi connectivity index (χ4v) is 3.73. The van der Waals surface area contributed by atoms with Crippen LogP contribution in [-0.2, 0) is 13.1 Å². The van der Waals surface area contributed by atoms with Gasteiger partial charge in [0.05, 0.1) is 7.11 Å². The molecular formula is C21H24N2O2. The summed E-state index contributed by atoms with van der Waals surface area (Å²) in [6.07, 6.45) is 5.04. The molecule has 1 atom stereocenters. The third-order valence-electron chi connectivity index (χ3n) is 5.04. The molecule has 0 saturated carbocycles. The van der Waals surface area contributed by atoms with Gasteiger partial charge in [-0.2, -0.15) is 0 Å². The van der Waals surface area contributed by atoms with Gasteiger partial charge in [-0.25, -0.2) is 0 Å². The SMILES string of the molecule is COc1cccc2c1OC=CN(C1CCN(Cc3ccccc3)C1)C2. The maximum atomic E-state index is 5.82. The number of ether oxygens (including phenoxy) is 2. The van der Waals surface area contributed by atoms with Crippen molar-refractivity contribution < 1.29 is 9.47 Å². The molecule has 1 saturated heterocycles. The number of hydrogen-bond acceptors (Lipinski definition) is 4. The first kappa shape index (κ1) is 16.0. The first-order valence-electron chi connectivity index (χ1n) is 8.85. The van der Waals surface area contributed by atoms with E-state index in [-0.39, 0.29) is 0 Å². The van der Waals surface area contributed by atoms with E-state index < -0.39 is 0 Å². The summed E-state index contributed by atoms with van der Waals surface area (Å²) in [6.45, 7) is 4.09. The van der Waals surface area contributed by atoms with Crippen LogP contribution in [0.15, 0.2) is 61.0 Å². The summed E-state index contributed by atoms with van der Waals surface area (Å²) in [5.74, 6) is 1.63. The second kappa shape index (κ2) is 7.19. The Morgan fingerprint density at radius 1 is 1.12 bits per heavy atom. The van der Waals surface area contributed by atoms with Crippen molar-refractivity contribution in [3.63, 3.8) is 0 Å². The number of hydrogen-bond donors (Lipinski definition) is 0. The Morgan fingerprint density at radius 2 is 2.00 bits per heavy atom. The predicted octanol–water partition coefficient (Wildman–Crippen LogP) is 3.64. The number of benzene rings is 2. The summed E-state index contributed by atoms with van der Waals surface area (Å²) in [5, 5.41) is 0. The predicted molar refractivity (Wildman–Crippen MR) is 98.4 cm³/mol. The molecule has 2 aliphatic heterocycles. The van der Waals surface area contributed by atoms with Crippen LogP contribution in [0.25, 0.3) is 0 Å². The van der Waals surface area contributed by atoms with Gasteiger partial charge in [0.25, 0.3) is 0 Å². The molecule has 0 bridgehead atoms. The molecule has 0 aliphatic carbocycles. The molecule has 0 N–H and O–H groups in total. The zero-order valence-corrected chi connectivity index (χ0v) is 14.6. The van der Waals surface area contributed by atoms with E-state index in [1.807, 2.05) is 12.1 Å². The van der Waals surface area contributed by atoms with E-state index in [9.17, 15) is 0 Å². The first-order chi connectivity index (χ1) is 12.3. The molecule has 0 radical (unpaired) electrons. The molecule has 2 heterocycles. The fourth-order valence-electron chi connectivity index (χ4n) is 3.73. The van der Waals surface area contributed by atoms with Gasteiger partial charge in [0, 0.05) is 44.0 Å². The molecule has 130 valence electrons. The molecule has 1 unspecified atom stereocenters. The quantitative estimate of drug-likeness (QED) is 0.851. The third kappa shape index (κ3) is 3.49. The van der Waals surface area contributed by atoms with Crippen LogP contribution in [0.3, 0.4) is 0 Å². The fraction of sp³-hybridized carbons (Fsp3) is 0.333. The minimum absolute atomic E-state index is 0.515. The zero-order chi connectivity index (χ0) is 17.1. The summed E-state index contributed by atoms with van der Waals surface area (Å²) in [5.41, 5.74) is 2.55. The lowest BCUT2D eigenvalue weighted by Gasteiger charge is -2.27. The molecule has 4 rings (SSSR count). The Balaban J connectivity index is 1.44. The third-order valence-corrected chi connectivity index (χ3v) is 5.04. The minimum Gasteiger partial charge on any atom is -0.493 e. The van der Waals surface area contributed by atoms with Crippen LogP contribution in [-0.4, -0.2) is 36.0 Å².